The molecule has 0 saturated carbocycles. The number of fused-ring (bicyclic) bond motifs is 6. The van der Waals surface area contributed by atoms with Crippen LogP contribution in [0.15, 0.2) is 575 Å². The van der Waals surface area contributed by atoms with E-state index >= 15 is 0 Å². The van der Waals surface area contributed by atoms with Crippen LogP contribution < -0.4 is 62.2 Å². The molecule has 0 fully saturated rings. The Bertz CT molecular complexity index is 7940. The van der Waals surface area contributed by atoms with E-state index in [-0.39, 0.29) is 0 Å². The fourth-order valence-electron chi connectivity index (χ4n) is 20.9. The van der Waals surface area contributed by atoms with E-state index in [0.29, 0.717) is 40.8 Å². The van der Waals surface area contributed by atoms with Gasteiger partial charge in [0, 0.05) is 79.4 Å². The summed E-state index contributed by atoms with van der Waals surface area (Å²) in [7, 11) is -8.00. The molecule has 0 aliphatic carbocycles. The van der Waals surface area contributed by atoms with Crippen molar-refractivity contribution in [2.45, 2.75) is 29.4 Å². The SMILES string of the molecule is c1ccc(-c2cc(-c3ccccc3)nc(-c3cccc(-c4cccc5c4Sc4ccccc4[Si]5(c4ccccc4)c4ccccc4)c3)n2)cc1.c1ccc(-c2nc(-c3ccccc3)nc(-c3cccc(-c4cccc5c4Sc4ccccc4[Si]5(c4ccccc4)c4ccccc4)c3)n2)cc1.c1ccc(-c2nc(-c3ccccc3)nc(-c3cccc4c3Sc3ccccc3[Si]4(c3ccccc3)c3ccccc3)n2)cc1. The number of hydrogen-bond donors (Lipinski definition) is 0. The van der Waals surface area contributed by atoms with Gasteiger partial charge in [0.2, 0.25) is 0 Å². The molecular formula is C130H90N8S3Si3. The van der Waals surface area contributed by atoms with Gasteiger partial charge in [-0.15, -0.1) is 0 Å². The van der Waals surface area contributed by atoms with Crippen molar-refractivity contribution < 1.29 is 0 Å². The van der Waals surface area contributed by atoms with Crippen LogP contribution in [0.25, 0.3) is 124 Å². The average Bonchev–Trinajstić information content (AvgIpc) is 0.708. The molecule has 680 valence electrons. The minimum Gasteiger partial charge on any atom is -0.228 e. The standard InChI is InChI=1S/C46H32N2SSi.C45H31N3SSi.C39H27N3SSi/c1-5-17-33(18-6-1)40-32-41(34-19-7-2-8-20-34)48-46(47-40)36-22-15-21-35(31-36)39-27-16-30-44-45(39)49-42-28-13-14-29-43(42)50(44,37-23-9-3-10-24-37)38-25-11-4-12-26-38;1-5-17-32(18-6-1)43-46-44(33-19-7-2-8-20-33)48-45(47-43)35-22-15-21-34(31-35)38-27-16-30-41-42(38)49-39-28-13-14-29-40(39)50(41,36-23-9-3-10-24-36)37-25-11-4-12-26-37;1-5-16-28(17-6-1)37-40-38(29-18-7-2-8-19-29)42-39(41-37)32-24-15-27-35-36(32)43-33-25-13-14-26-34(33)44(35,30-20-9-3-10-21-30)31-22-11-4-12-23-31/h1-32H;1-31H;1-27H. The summed E-state index contributed by atoms with van der Waals surface area (Å²) < 4.78 is 0. The lowest BCUT2D eigenvalue weighted by atomic mass is 10.0. The van der Waals surface area contributed by atoms with Gasteiger partial charge in [0.1, 0.15) is 0 Å². The Hall–Kier alpha value is -16.8. The molecule has 144 heavy (non-hydrogen) atoms. The molecule has 6 heterocycles. The maximum atomic E-state index is 5.14. The molecule has 0 radical (unpaired) electrons. The zero-order valence-corrected chi connectivity index (χ0v) is 83.7. The monoisotopic (exact) mass is 1940 g/mol. The first-order valence-electron chi connectivity index (χ1n) is 48.4. The molecule has 3 aliphatic heterocycles. The van der Waals surface area contributed by atoms with Gasteiger partial charge in [-0.2, -0.15) is 0 Å². The van der Waals surface area contributed by atoms with Crippen LogP contribution >= 0.6 is 35.3 Å². The van der Waals surface area contributed by atoms with Gasteiger partial charge in [0.25, 0.3) is 0 Å². The van der Waals surface area contributed by atoms with Crippen LogP contribution in [-0.2, 0) is 0 Å². The predicted molar refractivity (Wildman–Crippen MR) is 605 cm³/mol. The quantitative estimate of drug-likeness (QED) is 0.0814. The van der Waals surface area contributed by atoms with Gasteiger partial charge in [-0.05, 0) is 121 Å². The number of rotatable bonds is 17. The molecule has 3 aliphatic rings. The van der Waals surface area contributed by atoms with Crippen molar-refractivity contribution >= 4 is 122 Å². The first-order chi connectivity index (χ1) is 71.4. The smallest absolute Gasteiger partial charge is 0.181 e. The Morgan fingerprint density at radius 2 is 0.326 bits per heavy atom. The Morgan fingerprint density at radius 1 is 0.132 bits per heavy atom. The van der Waals surface area contributed by atoms with Gasteiger partial charge >= 0.3 is 0 Å². The van der Waals surface area contributed by atoms with E-state index in [2.05, 4.69) is 437 Å². The van der Waals surface area contributed by atoms with Crippen LogP contribution in [0.5, 0.6) is 0 Å². The van der Waals surface area contributed by atoms with Crippen molar-refractivity contribution in [3.05, 3.63) is 546 Å². The van der Waals surface area contributed by atoms with E-state index in [1.165, 1.54) is 103 Å². The minimum atomic E-state index is -2.69. The second-order valence-corrected chi connectivity index (χ2v) is 50.1. The molecular weight excluding hydrogens is 1850 g/mol. The molecule has 3 aromatic heterocycles. The molecule has 0 saturated heterocycles. The largest absolute Gasteiger partial charge is 0.228 e. The molecule has 14 heteroatoms. The van der Waals surface area contributed by atoms with Crippen LogP contribution in [0, 0.1) is 0 Å². The maximum absolute atomic E-state index is 5.14. The third kappa shape index (κ3) is 16.9. The lowest BCUT2D eigenvalue weighted by molar-refractivity contribution is 1.07. The number of nitrogens with zero attached hydrogens (tertiary/aromatic N) is 8. The first-order valence-corrected chi connectivity index (χ1v) is 56.9. The van der Waals surface area contributed by atoms with E-state index in [4.69, 9.17) is 39.9 Å². The van der Waals surface area contributed by atoms with E-state index in [0.717, 1.165) is 72.6 Å². The highest BCUT2D eigenvalue weighted by Gasteiger charge is 2.51. The number of benzene rings is 20. The Balaban J connectivity index is 0.000000117. The Labute approximate surface area is 854 Å². The van der Waals surface area contributed by atoms with Crippen molar-refractivity contribution in [2.75, 3.05) is 0 Å². The second-order valence-electron chi connectivity index (χ2n) is 35.7. The van der Waals surface area contributed by atoms with Crippen LogP contribution in [0.4, 0.5) is 0 Å². The van der Waals surface area contributed by atoms with Crippen LogP contribution in [-0.4, -0.2) is 64.1 Å². The summed E-state index contributed by atoms with van der Waals surface area (Å²) in [6.45, 7) is 0. The van der Waals surface area contributed by atoms with E-state index < -0.39 is 24.2 Å². The molecule has 8 nitrogen and oxygen atoms in total. The Morgan fingerprint density at radius 3 is 0.611 bits per heavy atom. The summed E-state index contributed by atoms with van der Waals surface area (Å²) >= 11 is 5.62. The van der Waals surface area contributed by atoms with Crippen molar-refractivity contribution in [3.8, 4) is 124 Å². The summed E-state index contributed by atoms with van der Waals surface area (Å²) in [5.74, 6) is 4.71. The van der Waals surface area contributed by atoms with Gasteiger partial charge in [-0.1, -0.05) is 545 Å². The molecule has 26 rings (SSSR count). The molecule has 0 atom stereocenters. The van der Waals surface area contributed by atoms with Gasteiger partial charge in [0.15, 0.2) is 65.0 Å². The van der Waals surface area contributed by atoms with Gasteiger partial charge < -0.3 is 0 Å². The number of hydrogen-bond acceptors (Lipinski definition) is 11. The molecule has 0 amide bonds. The molecule has 0 unspecified atom stereocenters. The summed E-state index contributed by atoms with van der Waals surface area (Å²) in [5, 5.41) is 16.8. The molecule has 0 bridgehead atoms. The fourth-order valence-corrected chi connectivity index (χ4v) is 42.2. The normalized spacial score (nSPS) is 12.9. The van der Waals surface area contributed by atoms with Gasteiger partial charge in [-0.3, -0.25) is 0 Å². The summed E-state index contributed by atoms with van der Waals surface area (Å²) in [4.78, 5) is 48.3. The number of aromatic nitrogens is 8. The van der Waals surface area contributed by atoms with E-state index in [1.807, 2.05) is 144 Å². The topological polar surface area (TPSA) is 103 Å². The molecule has 20 aromatic carbocycles. The first kappa shape index (κ1) is 89.8. The highest BCUT2D eigenvalue weighted by Crippen LogP contribution is 2.45. The molecule has 0 spiro atoms. The fraction of sp³-hybridized carbons (Fsp3) is 0. The van der Waals surface area contributed by atoms with Crippen molar-refractivity contribution in [3.63, 3.8) is 0 Å². The van der Waals surface area contributed by atoms with Crippen molar-refractivity contribution in [1.29, 1.82) is 0 Å². The third-order valence-electron chi connectivity index (χ3n) is 27.4. The van der Waals surface area contributed by atoms with Crippen molar-refractivity contribution in [1.82, 2.24) is 39.9 Å². The maximum Gasteiger partial charge on any atom is 0.181 e. The van der Waals surface area contributed by atoms with Crippen molar-refractivity contribution in [2.24, 2.45) is 0 Å². The lowest BCUT2D eigenvalue weighted by Crippen LogP contribution is -2.76. The van der Waals surface area contributed by atoms with Gasteiger partial charge in [0.05, 0.1) is 11.4 Å². The zero-order valence-electron chi connectivity index (χ0n) is 78.3. The Kier molecular flexibility index (Phi) is 25.0. The third-order valence-corrected chi connectivity index (χ3v) is 46.7. The summed E-state index contributed by atoms with van der Waals surface area (Å²) in [6, 6.07) is 195. The molecule has 23 aromatic rings. The van der Waals surface area contributed by atoms with Gasteiger partial charge in [-0.25, -0.2) is 39.9 Å². The zero-order chi connectivity index (χ0) is 96.0. The highest BCUT2D eigenvalue weighted by atomic mass is 32.2. The van der Waals surface area contributed by atoms with Crippen LogP contribution in [0.2, 0.25) is 0 Å². The minimum absolute atomic E-state index is 0.652. The average molecular weight is 1940 g/mol. The summed E-state index contributed by atoms with van der Waals surface area (Å²) in [5.41, 5.74) is 15.5. The molecule has 0 N–H and O–H groups in total. The second kappa shape index (κ2) is 40.1. The van der Waals surface area contributed by atoms with Crippen LogP contribution in [0.3, 0.4) is 0 Å². The lowest BCUT2D eigenvalue weighted by Gasteiger charge is -2.40. The predicted octanol–water partition coefficient (Wildman–Crippen LogP) is 24.1. The van der Waals surface area contributed by atoms with E-state index in [9.17, 15) is 0 Å². The highest BCUT2D eigenvalue weighted by molar-refractivity contribution is 8.01. The summed E-state index contributed by atoms with van der Waals surface area (Å²) in [6.07, 6.45) is 0. The van der Waals surface area contributed by atoms with E-state index in [1.54, 1.807) is 0 Å². The van der Waals surface area contributed by atoms with Crippen LogP contribution in [0.1, 0.15) is 0 Å².